The summed E-state index contributed by atoms with van der Waals surface area (Å²) in [6.07, 6.45) is 1.89. The smallest absolute Gasteiger partial charge is 0.164 e. The summed E-state index contributed by atoms with van der Waals surface area (Å²) >= 11 is 0. The van der Waals surface area contributed by atoms with Gasteiger partial charge in [-0.05, 0) is 27.0 Å². The third kappa shape index (κ3) is 2.02. The highest BCUT2D eigenvalue weighted by molar-refractivity contribution is 4.97. The highest BCUT2D eigenvalue weighted by Crippen LogP contribution is 2.38. The topological polar surface area (TPSA) is 39.7 Å². The molecule has 2 saturated heterocycles. The van der Waals surface area contributed by atoms with Gasteiger partial charge in [0.1, 0.15) is 18.3 Å². The van der Waals surface area contributed by atoms with Crippen molar-refractivity contribution >= 4 is 0 Å². The normalized spacial score (nSPS) is 42.6. The number of hydrogen-bond donors (Lipinski definition) is 1. The SMILES string of the molecule is C=CNCC1OC(C)C2OC(C)(C)OC12. The minimum atomic E-state index is -0.486. The number of nitrogens with one attached hydrogen (secondary N) is 1. The second kappa shape index (κ2) is 3.77. The molecule has 4 heteroatoms. The van der Waals surface area contributed by atoms with Crippen LogP contribution in [0.2, 0.25) is 0 Å². The summed E-state index contributed by atoms with van der Waals surface area (Å²) in [6.45, 7) is 10.2. The molecule has 86 valence electrons. The van der Waals surface area contributed by atoms with Gasteiger partial charge < -0.3 is 19.5 Å². The van der Waals surface area contributed by atoms with Gasteiger partial charge in [-0.2, -0.15) is 0 Å². The van der Waals surface area contributed by atoms with Gasteiger partial charge in [-0.1, -0.05) is 6.58 Å². The minimum Gasteiger partial charge on any atom is -0.389 e. The van der Waals surface area contributed by atoms with Crippen molar-refractivity contribution in [1.29, 1.82) is 0 Å². The molecule has 0 saturated carbocycles. The van der Waals surface area contributed by atoms with Crippen LogP contribution in [0.15, 0.2) is 12.8 Å². The second-order valence-corrected chi connectivity index (χ2v) is 4.56. The molecule has 2 aliphatic rings. The predicted molar refractivity (Wildman–Crippen MR) is 56.4 cm³/mol. The maximum atomic E-state index is 5.83. The first-order valence-corrected chi connectivity index (χ1v) is 5.39. The zero-order valence-electron chi connectivity index (χ0n) is 9.53. The van der Waals surface area contributed by atoms with Gasteiger partial charge >= 0.3 is 0 Å². The fourth-order valence-corrected chi connectivity index (χ4v) is 2.26. The standard InChI is InChI=1S/C11H19NO3/c1-5-12-6-8-10-9(7(2)13-8)14-11(3,4)15-10/h5,7-10,12H,1,6H2,2-4H3. The van der Waals surface area contributed by atoms with E-state index in [9.17, 15) is 0 Å². The summed E-state index contributed by atoms with van der Waals surface area (Å²) in [6, 6.07) is 0. The molecule has 15 heavy (non-hydrogen) atoms. The van der Waals surface area contributed by atoms with Crippen molar-refractivity contribution in [2.45, 2.75) is 51.0 Å². The molecule has 0 aromatic carbocycles. The first kappa shape index (κ1) is 10.9. The highest BCUT2D eigenvalue weighted by atomic mass is 16.8. The average molecular weight is 213 g/mol. The highest BCUT2D eigenvalue weighted by Gasteiger charge is 2.53. The molecule has 0 aliphatic carbocycles. The molecule has 2 heterocycles. The Morgan fingerprint density at radius 1 is 1.33 bits per heavy atom. The number of fused-ring (bicyclic) bond motifs is 1. The van der Waals surface area contributed by atoms with Crippen molar-refractivity contribution in [3.05, 3.63) is 12.8 Å². The van der Waals surface area contributed by atoms with Crippen molar-refractivity contribution in [3.8, 4) is 0 Å². The van der Waals surface area contributed by atoms with E-state index in [0.29, 0.717) is 6.54 Å². The van der Waals surface area contributed by atoms with Crippen LogP contribution in [0.25, 0.3) is 0 Å². The van der Waals surface area contributed by atoms with E-state index in [1.807, 2.05) is 20.8 Å². The minimum absolute atomic E-state index is 0.0300. The van der Waals surface area contributed by atoms with Crippen molar-refractivity contribution in [1.82, 2.24) is 5.32 Å². The maximum Gasteiger partial charge on any atom is 0.164 e. The van der Waals surface area contributed by atoms with Crippen LogP contribution in [-0.4, -0.2) is 36.7 Å². The van der Waals surface area contributed by atoms with Crippen LogP contribution in [0.5, 0.6) is 0 Å². The van der Waals surface area contributed by atoms with Crippen LogP contribution in [0.3, 0.4) is 0 Å². The molecule has 2 aliphatic heterocycles. The quantitative estimate of drug-likeness (QED) is 0.760. The van der Waals surface area contributed by atoms with Crippen LogP contribution in [-0.2, 0) is 14.2 Å². The van der Waals surface area contributed by atoms with E-state index in [0.717, 1.165) is 0 Å². The Morgan fingerprint density at radius 3 is 2.67 bits per heavy atom. The molecule has 4 unspecified atom stereocenters. The van der Waals surface area contributed by atoms with Crippen molar-refractivity contribution < 1.29 is 14.2 Å². The third-order valence-electron chi connectivity index (χ3n) is 2.85. The van der Waals surface area contributed by atoms with Gasteiger partial charge in [0, 0.05) is 6.54 Å². The largest absolute Gasteiger partial charge is 0.389 e. The molecule has 4 nitrogen and oxygen atoms in total. The fraction of sp³-hybridized carbons (Fsp3) is 0.818. The van der Waals surface area contributed by atoms with E-state index in [2.05, 4.69) is 11.9 Å². The van der Waals surface area contributed by atoms with Crippen LogP contribution in [0, 0.1) is 0 Å². The Balaban J connectivity index is 2.02. The molecular weight excluding hydrogens is 194 g/mol. The lowest BCUT2D eigenvalue weighted by Gasteiger charge is -2.22. The molecule has 0 amide bonds. The maximum absolute atomic E-state index is 5.83. The van der Waals surface area contributed by atoms with Gasteiger partial charge in [-0.3, -0.25) is 0 Å². The average Bonchev–Trinajstić information content (AvgIpc) is 2.60. The molecular formula is C11H19NO3. The summed E-state index contributed by atoms with van der Waals surface area (Å²) in [5.41, 5.74) is 0. The molecule has 0 radical (unpaired) electrons. The molecule has 1 N–H and O–H groups in total. The lowest BCUT2D eigenvalue weighted by atomic mass is 10.1. The lowest BCUT2D eigenvalue weighted by Crippen LogP contribution is -2.36. The summed E-state index contributed by atoms with van der Waals surface area (Å²) in [4.78, 5) is 0. The molecule has 0 bridgehead atoms. The second-order valence-electron chi connectivity index (χ2n) is 4.56. The van der Waals surface area contributed by atoms with Gasteiger partial charge in [0.2, 0.25) is 0 Å². The van der Waals surface area contributed by atoms with Gasteiger partial charge in [0.15, 0.2) is 5.79 Å². The molecule has 2 fully saturated rings. The summed E-state index contributed by atoms with van der Waals surface area (Å²) in [5, 5.41) is 3.05. The molecule has 0 aromatic heterocycles. The predicted octanol–water partition coefficient (Wildman–Crippen LogP) is 1.03. The van der Waals surface area contributed by atoms with E-state index >= 15 is 0 Å². The van der Waals surface area contributed by atoms with Gasteiger partial charge in [-0.15, -0.1) is 0 Å². The van der Waals surface area contributed by atoms with Crippen LogP contribution >= 0.6 is 0 Å². The number of ether oxygens (including phenoxy) is 3. The Bertz CT molecular complexity index is 254. The number of hydrogen-bond acceptors (Lipinski definition) is 4. The third-order valence-corrected chi connectivity index (χ3v) is 2.85. The Kier molecular flexibility index (Phi) is 2.75. The van der Waals surface area contributed by atoms with E-state index in [1.54, 1.807) is 6.20 Å². The number of rotatable bonds is 3. The molecule has 0 spiro atoms. The first-order chi connectivity index (χ1) is 7.03. The summed E-state index contributed by atoms with van der Waals surface area (Å²) < 4.78 is 17.4. The van der Waals surface area contributed by atoms with Crippen molar-refractivity contribution in [2.75, 3.05) is 6.54 Å². The Labute approximate surface area is 90.6 Å². The zero-order valence-corrected chi connectivity index (χ0v) is 9.53. The fourth-order valence-electron chi connectivity index (χ4n) is 2.26. The summed E-state index contributed by atoms with van der Waals surface area (Å²) in [7, 11) is 0. The Hall–Kier alpha value is -0.580. The van der Waals surface area contributed by atoms with Crippen molar-refractivity contribution in [2.24, 2.45) is 0 Å². The molecule has 2 rings (SSSR count). The van der Waals surface area contributed by atoms with E-state index < -0.39 is 5.79 Å². The van der Waals surface area contributed by atoms with E-state index in [-0.39, 0.29) is 24.4 Å². The van der Waals surface area contributed by atoms with Gasteiger partial charge in [-0.25, -0.2) is 0 Å². The lowest BCUT2D eigenvalue weighted by molar-refractivity contribution is -0.184. The zero-order chi connectivity index (χ0) is 11.1. The van der Waals surface area contributed by atoms with Crippen LogP contribution < -0.4 is 5.32 Å². The first-order valence-electron chi connectivity index (χ1n) is 5.39. The molecule has 0 aromatic rings. The monoisotopic (exact) mass is 213 g/mol. The van der Waals surface area contributed by atoms with E-state index in [4.69, 9.17) is 14.2 Å². The van der Waals surface area contributed by atoms with Crippen LogP contribution in [0.1, 0.15) is 20.8 Å². The molecule has 4 atom stereocenters. The summed E-state index contributed by atoms with van der Waals surface area (Å²) in [5.74, 6) is -0.486. The van der Waals surface area contributed by atoms with Gasteiger partial charge in [0.05, 0.1) is 6.10 Å². The van der Waals surface area contributed by atoms with E-state index in [1.165, 1.54) is 0 Å². The van der Waals surface area contributed by atoms with Crippen molar-refractivity contribution in [3.63, 3.8) is 0 Å². The van der Waals surface area contributed by atoms with Gasteiger partial charge in [0.25, 0.3) is 0 Å². The van der Waals surface area contributed by atoms with Crippen LogP contribution in [0.4, 0.5) is 0 Å². The Morgan fingerprint density at radius 2 is 2.00 bits per heavy atom.